The Morgan fingerprint density at radius 3 is 2.44 bits per heavy atom. The number of carbonyl (C=O) groups excluding carboxylic acids is 1. The number of amidine groups is 1. The van der Waals surface area contributed by atoms with Gasteiger partial charge in [-0.1, -0.05) is 24.3 Å². The van der Waals surface area contributed by atoms with Crippen molar-refractivity contribution in [3.63, 3.8) is 0 Å². The number of amides is 1. The van der Waals surface area contributed by atoms with Gasteiger partial charge in [0, 0.05) is 24.8 Å². The van der Waals surface area contributed by atoms with Crippen molar-refractivity contribution in [1.29, 1.82) is 0 Å². The first kappa shape index (κ1) is 19.9. The number of benzene rings is 3. The maximum absolute atomic E-state index is 14.9. The van der Waals surface area contributed by atoms with Crippen LogP contribution >= 0.6 is 0 Å². The van der Waals surface area contributed by atoms with E-state index in [1.165, 1.54) is 10.7 Å². The highest BCUT2D eigenvalue weighted by atomic mass is 19.1. The van der Waals surface area contributed by atoms with Crippen LogP contribution in [-0.2, 0) is 0 Å². The van der Waals surface area contributed by atoms with Crippen LogP contribution in [0.15, 0.2) is 71.7 Å². The van der Waals surface area contributed by atoms with Crippen molar-refractivity contribution in [2.45, 2.75) is 6.92 Å². The summed E-state index contributed by atoms with van der Waals surface area (Å²) in [7, 11) is 2.01. The molecular formula is C25H22FN5O. The van der Waals surface area contributed by atoms with E-state index >= 15 is 0 Å². The molecule has 1 amide bonds. The standard InChI is InChI=1S/C25H22FN5O/c1-16-13-23(31(29-16)22-15-19-6-4-3-5-18(19)14-21(22)26)25(32)28-20-9-7-17(8-10-20)24-27-11-12-30(24)2/h3-10,13-15H,11-12H2,1-2H3,(H,28,32). The number of rotatable bonds is 4. The van der Waals surface area contributed by atoms with Crippen molar-refractivity contribution < 1.29 is 9.18 Å². The number of halogens is 1. The summed E-state index contributed by atoms with van der Waals surface area (Å²) in [6.45, 7) is 3.47. The SMILES string of the molecule is Cc1cc(C(=O)Nc2ccc(C3=NCCN3C)cc2)n(-c2cc3ccccc3cc2F)n1. The molecule has 5 rings (SSSR count). The first-order valence-electron chi connectivity index (χ1n) is 10.4. The predicted octanol–water partition coefficient (Wildman–Crippen LogP) is 4.42. The van der Waals surface area contributed by atoms with Crippen LogP contribution in [-0.4, -0.2) is 46.6 Å². The van der Waals surface area contributed by atoms with Crippen LogP contribution in [0.25, 0.3) is 16.5 Å². The van der Waals surface area contributed by atoms with Crippen molar-refractivity contribution in [2.24, 2.45) is 4.99 Å². The number of carbonyl (C=O) groups is 1. The number of aliphatic imine (C=N–C) groups is 1. The molecule has 1 aromatic heterocycles. The molecule has 0 fully saturated rings. The van der Waals surface area contributed by atoms with Crippen LogP contribution in [0, 0.1) is 12.7 Å². The molecule has 0 radical (unpaired) electrons. The second-order valence-corrected chi connectivity index (χ2v) is 7.89. The quantitative estimate of drug-likeness (QED) is 0.525. The molecule has 1 aliphatic rings. The molecule has 4 aromatic rings. The van der Waals surface area contributed by atoms with E-state index in [4.69, 9.17) is 0 Å². The minimum Gasteiger partial charge on any atom is -0.358 e. The summed E-state index contributed by atoms with van der Waals surface area (Å²) in [5.74, 6) is 0.149. The molecule has 32 heavy (non-hydrogen) atoms. The lowest BCUT2D eigenvalue weighted by atomic mass is 10.1. The van der Waals surface area contributed by atoms with Crippen molar-refractivity contribution in [2.75, 3.05) is 25.5 Å². The fourth-order valence-electron chi connectivity index (χ4n) is 3.95. The Morgan fingerprint density at radius 1 is 1.03 bits per heavy atom. The number of fused-ring (bicyclic) bond motifs is 1. The summed E-state index contributed by atoms with van der Waals surface area (Å²) < 4.78 is 16.3. The van der Waals surface area contributed by atoms with E-state index in [1.54, 1.807) is 19.1 Å². The van der Waals surface area contributed by atoms with Gasteiger partial charge in [-0.15, -0.1) is 0 Å². The molecule has 1 N–H and O–H groups in total. The summed E-state index contributed by atoms with van der Waals surface area (Å²) in [5, 5.41) is 8.94. The van der Waals surface area contributed by atoms with E-state index in [0.717, 1.165) is 35.3 Å². The largest absolute Gasteiger partial charge is 0.358 e. The lowest BCUT2D eigenvalue weighted by Gasteiger charge is -2.14. The number of anilines is 1. The fraction of sp³-hybridized carbons (Fsp3) is 0.160. The van der Waals surface area contributed by atoms with Crippen molar-refractivity contribution in [3.05, 3.63) is 89.5 Å². The topological polar surface area (TPSA) is 62.5 Å². The Bertz CT molecular complexity index is 1360. The summed E-state index contributed by atoms with van der Waals surface area (Å²) in [6, 6.07) is 19.9. The lowest BCUT2D eigenvalue weighted by molar-refractivity contribution is 0.101. The molecule has 1 aliphatic heterocycles. The Morgan fingerprint density at radius 2 is 1.75 bits per heavy atom. The number of nitrogens with one attached hydrogen (secondary N) is 1. The normalized spacial score (nSPS) is 13.5. The number of hydrogen-bond acceptors (Lipinski definition) is 4. The van der Waals surface area contributed by atoms with Gasteiger partial charge in [0.1, 0.15) is 23.0 Å². The third kappa shape index (κ3) is 3.62. The summed E-state index contributed by atoms with van der Waals surface area (Å²) >= 11 is 0. The molecule has 0 saturated carbocycles. The van der Waals surface area contributed by atoms with E-state index in [0.29, 0.717) is 11.4 Å². The van der Waals surface area contributed by atoms with Crippen molar-refractivity contribution in [3.8, 4) is 5.69 Å². The Balaban J connectivity index is 1.44. The summed E-state index contributed by atoms with van der Waals surface area (Å²) in [4.78, 5) is 19.7. The highest BCUT2D eigenvalue weighted by molar-refractivity contribution is 6.04. The van der Waals surface area contributed by atoms with Crippen LogP contribution in [0.2, 0.25) is 0 Å². The van der Waals surface area contributed by atoms with Gasteiger partial charge in [-0.2, -0.15) is 5.10 Å². The molecule has 2 heterocycles. The van der Waals surface area contributed by atoms with E-state index < -0.39 is 5.82 Å². The number of aryl methyl sites for hydroxylation is 1. The zero-order valence-electron chi connectivity index (χ0n) is 17.8. The molecule has 0 bridgehead atoms. The Hall–Kier alpha value is -4.00. The van der Waals surface area contributed by atoms with Gasteiger partial charge in [0.05, 0.1) is 12.2 Å². The molecule has 6 nitrogen and oxygen atoms in total. The van der Waals surface area contributed by atoms with Crippen molar-refractivity contribution >= 4 is 28.2 Å². The predicted molar refractivity (Wildman–Crippen MR) is 124 cm³/mol. The Kier molecular flexibility index (Phi) is 4.93. The van der Waals surface area contributed by atoms with Gasteiger partial charge in [-0.25, -0.2) is 9.07 Å². The van der Waals surface area contributed by atoms with Gasteiger partial charge >= 0.3 is 0 Å². The highest BCUT2D eigenvalue weighted by Crippen LogP contribution is 2.24. The van der Waals surface area contributed by atoms with Crippen molar-refractivity contribution in [1.82, 2.24) is 14.7 Å². The van der Waals surface area contributed by atoms with Gasteiger partial charge in [0.2, 0.25) is 0 Å². The number of hydrogen-bond donors (Lipinski definition) is 1. The molecular weight excluding hydrogens is 405 g/mol. The number of aromatic nitrogens is 2. The Labute approximate surface area is 185 Å². The average Bonchev–Trinajstić information content (AvgIpc) is 3.39. The maximum Gasteiger partial charge on any atom is 0.274 e. The molecule has 3 aromatic carbocycles. The van der Waals surface area contributed by atoms with E-state index in [-0.39, 0.29) is 17.3 Å². The number of likely N-dealkylation sites (N-methyl/N-ethyl adjacent to an activating group) is 1. The monoisotopic (exact) mass is 427 g/mol. The van der Waals surface area contributed by atoms with E-state index in [2.05, 4.69) is 20.3 Å². The summed E-state index contributed by atoms with van der Waals surface area (Å²) in [5.41, 5.74) is 2.77. The van der Waals surface area contributed by atoms with Gasteiger partial charge in [0.25, 0.3) is 5.91 Å². The minimum atomic E-state index is -0.438. The second kappa shape index (κ2) is 7.92. The van der Waals surface area contributed by atoms with Crippen LogP contribution < -0.4 is 5.32 Å². The molecule has 7 heteroatoms. The molecule has 0 unspecified atom stereocenters. The number of nitrogens with zero attached hydrogens (tertiary/aromatic N) is 4. The van der Waals surface area contributed by atoms with Crippen LogP contribution in [0.5, 0.6) is 0 Å². The summed E-state index contributed by atoms with van der Waals surface area (Å²) in [6.07, 6.45) is 0. The van der Waals surface area contributed by atoms with E-state index in [9.17, 15) is 9.18 Å². The lowest BCUT2D eigenvalue weighted by Crippen LogP contribution is -2.23. The van der Waals surface area contributed by atoms with E-state index in [1.807, 2.05) is 55.6 Å². The second-order valence-electron chi connectivity index (χ2n) is 7.89. The average molecular weight is 427 g/mol. The molecule has 0 aliphatic carbocycles. The zero-order valence-corrected chi connectivity index (χ0v) is 17.8. The molecule has 160 valence electrons. The molecule has 0 saturated heterocycles. The fourth-order valence-corrected chi connectivity index (χ4v) is 3.95. The van der Waals surface area contributed by atoms with Gasteiger partial charge < -0.3 is 10.2 Å². The van der Waals surface area contributed by atoms with Gasteiger partial charge in [-0.05, 0) is 60.2 Å². The first-order valence-corrected chi connectivity index (χ1v) is 10.4. The zero-order chi connectivity index (χ0) is 22.2. The maximum atomic E-state index is 14.9. The van der Waals surface area contributed by atoms with Crippen LogP contribution in [0.4, 0.5) is 10.1 Å². The van der Waals surface area contributed by atoms with Crippen LogP contribution in [0.1, 0.15) is 21.7 Å². The highest BCUT2D eigenvalue weighted by Gasteiger charge is 2.19. The third-order valence-corrected chi connectivity index (χ3v) is 5.57. The minimum absolute atomic E-state index is 0.236. The van der Waals surface area contributed by atoms with Gasteiger partial charge in [0.15, 0.2) is 0 Å². The smallest absolute Gasteiger partial charge is 0.274 e. The third-order valence-electron chi connectivity index (χ3n) is 5.57. The van der Waals surface area contributed by atoms with Crippen LogP contribution in [0.3, 0.4) is 0 Å². The van der Waals surface area contributed by atoms with Gasteiger partial charge in [-0.3, -0.25) is 9.79 Å². The molecule has 0 atom stereocenters. The first-order chi connectivity index (χ1) is 15.5. The molecule has 0 spiro atoms.